The van der Waals surface area contributed by atoms with Gasteiger partial charge in [-0.05, 0) is 42.5 Å². The maximum Gasteiger partial charge on any atom is 0.241 e. The van der Waals surface area contributed by atoms with Crippen LogP contribution in [-0.2, 0) is 11.3 Å². The van der Waals surface area contributed by atoms with Gasteiger partial charge in [0.2, 0.25) is 5.91 Å². The third kappa shape index (κ3) is 11.7. The van der Waals surface area contributed by atoms with Gasteiger partial charge in [-0.15, -0.1) is 24.0 Å². The molecule has 0 heterocycles. The Morgan fingerprint density at radius 3 is 2.48 bits per heavy atom. The number of guanidine groups is 1. The van der Waals surface area contributed by atoms with E-state index in [2.05, 4.69) is 37.8 Å². The first-order valence-electron chi connectivity index (χ1n) is 7.98. The molecule has 0 atom stereocenters. The van der Waals surface area contributed by atoms with Crippen molar-refractivity contribution in [3.8, 4) is 0 Å². The molecular formula is C17H28BrIN4OS. The first kappa shape index (κ1) is 24.5. The first-order chi connectivity index (χ1) is 11.5. The second-order valence-corrected chi connectivity index (χ2v) is 7.46. The predicted octanol–water partition coefficient (Wildman–Crippen LogP) is 3.33. The van der Waals surface area contributed by atoms with Gasteiger partial charge in [-0.2, -0.15) is 11.8 Å². The van der Waals surface area contributed by atoms with Crippen LogP contribution in [0.15, 0.2) is 33.7 Å². The number of nitrogens with zero attached hydrogens (tertiary/aromatic N) is 2. The summed E-state index contributed by atoms with van der Waals surface area (Å²) in [6, 6.07) is 8.08. The second kappa shape index (κ2) is 14.7. The van der Waals surface area contributed by atoms with E-state index in [-0.39, 0.29) is 36.4 Å². The topological polar surface area (TPSA) is 56.7 Å². The minimum Gasteiger partial charge on any atom is -0.356 e. The molecule has 0 aliphatic heterocycles. The Hall–Kier alpha value is -0.480. The average Bonchev–Trinajstić information content (AvgIpc) is 2.57. The maximum absolute atomic E-state index is 11.7. The van der Waals surface area contributed by atoms with Crippen molar-refractivity contribution in [2.24, 2.45) is 4.99 Å². The Morgan fingerprint density at radius 2 is 1.88 bits per heavy atom. The van der Waals surface area contributed by atoms with E-state index in [1.165, 1.54) is 12.2 Å². The van der Waals surface area contributed by atoms with Gasteiger partial charge >= 0.3 is 0 Å². The molecule has 1 amide bonds. The SMILES string of the molecule is CSCCCCNC(=NCc1ccc(Br)cc1)NCC(=O)N(C)C.I. The van der Waals surface area contributed by atoms with E-state index in [1.807, 2.05) is 36.0 Å². The summed E-state index contributed by atoms with van der Waals surface area (Å²) in [7, 11) is 3.50. The average molecular weight is 543 g/mol. The minimum atomic E-state index is 0. The third-order valence-corrected chi connectivity index (χ3v) is 4.53. The van der Waals surface area contributed by atoms with Crippen LogP contribution in [0.3, 0.4) is 0 Å². The van der Waals surface area contributed by atoms with Crippen molar-refractivity contribution in [2.45, 2.75) is 19.4 Å². The summed E-state index contributed by atoms with van der Waals surface area (Å²) < 4.78 is 1.05. The third-order valence-electron chi connectivity index (χ3n) is 3.31. The van der Waals surface area contributed by atoms with Crippen molar-refractivity contribution in [3.63, 3.8) is 0 Å². The number of nitrogens with one attached hydrogen (secondary N) is 2. The van der Waals surface area contributed by atoms with Crippen LogP contribution in [0.25, 0.3) is 0 Å². The molecule has 142 valence electrons. The summed E-state index contributed by atoms with van der Waals surface area (Å²) in [6.45, 7) is 1.66. The van der Waals surface area contributed by atoms with E-state index < -0.39 is 0 Å². The lowest BCUT2D eigenvalue weighted by molar-refractivity contribution is -0.127. The number of carbonyl (C=O) groups excluding carboxylic acids is 1. The molecule has 0 aromatic heterocycles. The van der Waals surface area contributed by atoms with Crippen molar-refractivity contribution >= 4 is 63.5 Å². The van der Waals surface area contributed by atoms with Gasteiger partial charge in [-0.3, -0.25) is 4.79 Å². The monoisotopic (exact) mass is 542 g/mol. The number of carbonyl (C=O) groups is 1. The van der Waals surface area contributed by atoms with Gasteiger partial charge in [-0.25, -0.2) is 4.99 Å². The molecule has 1 aromatic rings. The van der Waals surface area contributed by atoms with Crippen molar-refractivity contribution < 1.29 is 4.79 Å². The molecule has 0 aliphatic rings. The predicted molar refractivity (Wildman–Crippen MR) is 123 cm³/mol. The Kier molecular flexibility index (Phi) is 14.4. The highest BCUT2D eigenvalue weighted by Gasteiger charge is 2.05. The number of hydrogen-bond acceptors (Lipinski definition) is 3. The molecule has 0 unspecified atom stereocenters. The van der Waals surface area contributed by atoms with Gasteiger partial charge in [0.15, 0.2) is 5.96 Å². The summed E-state index contributed by atoms with van der Waals surface area (Å²) in [4.78, 5) is 17.9. The highest BCUT2D eigenvalue weighted by Crippen LogP contribution is 2.11. The zero-order valence-corrected chi connectivity index (χ0v) is 19.8. The zero-order chi connectivity index (χ0) is 17.8. The van der Waals surface area contributed by atoms with Gasteiger partial charge in [0.05, 0.1) is 13.1 Å². The number of halogens is 2. The summed E-state index contributed by atoms with van der Waals surface area (Å²) in [5.74, 6) is 1.87. The smallest absolute Gasteiger partial charge is 0.241 e. The number of likely N-dealkylation sites (N-methyl/N-ethyl adjacent to an activating group) is 1. The number of hydrogen-bond donors (Lipinski definition) is 2. The van der Waals surface area contributed by atoms with Crippen LogP contribution in [0.4, 0.5) is 0 Å². The normalized spacial score (nSPS) is 10.8. The van der Waals surface area contributed by atoms with Crippen LogP contribution in [-0.4, -0.2) is 56.0 Å². The molecule has 0 saturated carbocycles. The van der Waals surface area contributed by atoms with Crippen molar-refractivity contribution in [3.05, 3.63) is 34.3 Å². The summed E-state index contributed by atoms with van der Waals surface area (Å²) in [5, 5.41) is 6.41. The van der Waals surface area contributed by atoms with Gasteiger partial charge in [-0.1, -0.05) is 28.1 Å². The van der Waals surface area contributed by atoms with Crippen LogP contribution in [0.1, 0.15) is 18.4 Å². The Balaban J connectivity index is 0.00000576. The number of benzene rings is 1. The molecule has 0 saturated heterocycles. The fourth-order valence-electron chi connectivity index (χ4n) is 1.83. The van der Waals surface area contributed by atoms with Crippen LogP contribution in [0, 0.1) is 0 Å². The van der Waals surface area contributed by atoms with Crippen molar-refractivity contribution in [1.29, 1.82) is 0 Å². The summed E-state index contributed by atoms with van der Waals surface area (Å²) in [5.41, 5.74) is 1.13. The van der Waals surface area contributed by atoms with Crippen molar-refractivity contribution in [2.75, 3.05) is 39.2 Å². The number of thioether (sulfide) groups is 1. The maximum atomic E-state index is 11.7. The largest absolute Gasteiger partial charge is 0.356 e. The minimum absolute atomic E-state index is 0. The summed E-state index contributed by atoms with van der Waals surface area (Å²) >= 11 is 5.29. The van der Waals surface area contributed by atoms with Crippen molar-refractivity contribution in [1.82, 2.24) is 15.5 Å². The highest BCUT2D eigenvalue weighted by molar-refractivity contribution is 14.0. The van der Waals surface area contributed by atoms with Gasteiger partial charge in [0.1, 0.15) is 0 Å². The molecule has 5 nitrogen and oxygen atoms in total. The molecule has 0 radical (unpaired) electrons. The van der Waals surface area contributed by atoms with Gasteiger partial charge < -0.3 is 15.5 Å². The van der Waals surface area contributed by atoms with E-state index in [0.29, 0.717) is 12.5 Å². The molecule has 1 aromatic carbocycles. The molecule has 0 aliphatic carbocycles. The first-order valence-corrected chi connectivity index (χ1v) is 10.2. The number of unbranched alkanes of at least 4 members (excludes halogenated alkanes) is 1. The Bertz CT molecular complexity index is 526. The molecular weight excluding hydrogens is 515 g/mol. The second-order valence-electron chi connectivity index (χ2n) is 5.56. The van der Waals surface area contributed by atoms with E-state index in [1.54, 1.807) is 19.0 Å². The molecule has 25 heavy (non-hydrogen) atoms. The van der Waals surface area contributed by atoms with E-state index in [4.69, 9.17) is 0 Å². The fraction of sp³-hybridized carbons (Fsp3) is 0.529. The Morgan fingerprint density at radius 1 is 1.20 bits per heavy atom. The van der Waals surface area contributed by atoms with Crippen LogP contribution in [0.2, 0.25) is 0 Å². The quantitative estimate of drug-likeness (QED) is 0.217. The van der Waals surface area contributed by atoms with E-state index in [0.717, 1.165) is 23.0 Å². The molecule has 0 spiro atoms. The lowest BCUT2D eigenvalue weighted by atomic mass is 10.2. The fourth-order valence-corrected chi connectivity index (χ4v) is 2.59. The van der Waals surface area contributed by atoms with Crippen LogP contribution < -0.4 is 10.6 Å². The number of rotatable bonds is 9. The van der Waals surface area contributed by atoms with Crippen LogP contribution in [0.5, 0.6) is 0 Å². The van der Waals surface area contributed by atoms with Crippen LogP contribution >= 0.6 is 51.7 Å². The Labute approximate surface area is 180 Å². The highest BCUT2D eigenvalue weighted by atomic mass is 127. The lowest BCUT2D eigenvalue weighted by Crippen LogP contribution is -2.43. The summed E-state index contributed by atoms with van der Waals surface area (Å²) in [6.07, 6.45) is 4.37. The molecule has 1 rings (SSSR count). The zero-order valence-electron chi connectivity index (χ0n) is 15.0. The van der Waals surface area contributed by atoms with E-state index >= 15 is 0 Å². The van der Waals surface area contributed by atoms with Gasteiger partial charge in [0, 0.05) is 25.1 Å². The van der Waals surface area contributed by atoms with Gasteiger partial charge in [0.25, 0.3) is 0 Å². The van der Waals surface area contributed by atoms with E-state index in [9.17, 15) is 4.79 Å². The number of aliphatic imine (C=N–C) groups is 1. The number of amides is 1. The molecule has 2 N–H and O–H groups in total. The standard InChI is InChI=1S/C17H27BrN4OS.HI/c1-22(2)16(23)13-21-17(19-10-4-5-11-24-3)20-12-14-6-8-15(18)9-7-14;/h6-9H,4-5,10-13H2,1-3H3,(H2,19,20,21);1H. The molecule has 0 fully saturated rings. The lowest BCUT2D eigenvalue weighted by Gasteiger charge is -2.15. The molecule has 8 heteroatoms. The molecule has 0 bridgehead atoms.